The third kappa shape index (κ3) is 14.3. The Hall–Kier alpha value is -1.81. The molecule has 0 spiro atoms. The number of carbonyl (C=O) groups is 5. The maximum atomic E-state index is 11.7. The molecule has 0 radical (unpaired) electrons. The molecule has 0 saturated heterocycles. The third-order valence-electron chi connectivity index (χ3n) is 2.86. The van der Waals surface area contributed by atoms with Gasteiger partial charge in [0.2, 0.25) is 5.78 Å². The van der Waals surface area contributed by atoms with Crippen LogP contribution in [0.15, 0.2) is 12.2 Å². The van der Waals surface area contributed by atoms with E-state index in [1.807, 2.05) is 0 Å². The fraction of sp³-hybridized carbons (Fsp3) is 0.611. The third-order valence-corrected chi connectivity index (χ3v) is 4.93. The van der Waals surface area contributed by atoms with E-state index < -0.39 is 23.7 Å². The number of hydrogen-bond donors (Lipinski definition) is 0. The predicted molar refractivity (Wildman–Crippen MR) is 107 cm³/mol. The van der Waals surface area contributed by atoms with Gasteiger partial charge in [0.15, 0.2) is 0 Å². The molecular weight excluding hydrogens is 408 g/mol. The molecule has 0 aliphatic carbocycles. The summed E-state index contributed by atoms with van der Waals surface area (Å²) < 4.78 is 14.6. The van der Waals surface area contributed by atoms with E-state index >= 15 is 0 Å². The lowest BCUT2D eigenvalue weighted by Crippen LogP contribution is -2.21. The minimum atomic E-state index is -0.954. The van der Waals surface area contributed by atoms with Crippen LogP contribution in [0, 0.1) is 0 Å². The topological polar surface area (TPSA) is 113 Å². The zero-order valence-electron chi connectivity index (χ0n) is 16.2. The Kier molecular flexibility index (Phi) is 15.1. The fourth-order valence-corrected chi connectivity index (χ4v) is 2.99. The second kappa shape index (κ2) is 16.2. The zero-order valence-corrected chi connectivity index (χ0v) is 17.8. The van der Waals surface area contributed by atoms with Gasteiger partial charge in [-0.25, -0.2) is 9.59 Å². The van der Waals surface area contributed by atoms with Crippen LogP contribution >= 0.6 is 23.5 Å². The average Bonchev–Trinajstić information content (AvgIpc) is 2.63. The first-order chi connectivity index (χ1) is 13.3. The number of Topliss-reactive ketones (excluding diaryl/α,β-unsaturated/α-hetero) is 2. The lowest BCUT2D eigenvalue weighted by Gasteiger charge is -2.07. The van der Waals surface area contributed by atoms with Crippen molar-refractivity contribution >= 4 is 53.0 Å². The van der Waals surface area contributed by atoms with Crippen LogP contribution in [-0.2, 0) is 38.2 Å². The van der Waals surface area contributed by atoms with Crippen LogP contribution < -0.4 is 0 Å². The highest BCUT2D eigenvalue weighted by Crippen LogP contribution is 2.08. The summed E-state index contributed by atoms with van der Waals surface area (Å²) in [6, 6.07) is 0. The molecule has 0 aliphatic heterocycles. The van der Waals surface area contributed by atoms with Crippen LogP contribution in [0.5, 0.6) is 0 Å². The Balaban J connectivity index is 3.73. The summed E-state index contributed by atoms with van der Waals surface area (Å²) in [5.41, 5.74) is 0.281. The fourth-order valence-electron chi connectivity index (χ4n) is 1.58. The summed E-state index contributed by atoms with van der Waals surface area (Å²) in [7, 11) is 0. The SMILES string of the molecule is C=C(CSCC(C)=O)C(=O)OCCCCOC(=O)C(=O)CSCC(=O)OCC. The Labute approximate surface area is 173 Å². The van der Waals surface area contributed by atoms with E-state index in [0.717, 1.165) is 11.8 Å². The predicted octanol–water partition coefficient (Wildman–Crippen LogP) is 1.60. The number of ketones is 2. The molecule has 28 heavy (non-hydrogen) atoms. The Morgan fingerprint density at radius 1 is 0.786 bits per heavy atom. The van der Waals surface area contributed by atoms with E-state index in [-0.39, 0.29) is 42.7 Å². The molecule has 0 atom stereocenters. The lowest BCUT2D eigenvalue weighted by atomic mass is 10.3. The van der Waals surface area contributed by atoms with Gasteiger partial charge in [0.1, 0.15) is 5.78 Å². The van der Waals surface area contributed by atoms with E-state index in [1.165, 1.54) is 18.7 Å². The van der Waals surface area contributed by atoms with Crippen LogP contribution in [0.25, 0.3) is 0 Å². The van der Waals surface area contributed by atoms with Crippen LogP contribution in [-0.4, -0.2) is 72.3 Å². The lowest BCUT2D eigenvalue weighted by molar-refractivity contribution is -0.153. The molecule has 8 nitrogen and oxygen atoms in total. The smallest absolute Gasteiger partial charge is 0.375 e. The van der Waals surface area contributed by atoms with Gasteiger partial charge in [0.05, 0.1) is 37.1 Å². The monoisotopic (exact) mass is 434 g/mol. The number of ether oxygens (including phenoxy) is 3. The zero-order chi connectivity index (χ0) is 21.4. The van der Waals surface area contributed by atoms with Crippen molar-refractivity contribution in [2.24, 2.45) is 0 Å². The van der Waals surface area contributed by atoms with Crippen molar-refractivity contribution in [1.29, 1.82) is 0 Å². The van der Waals surface area contributed by atoms with Gasteiger partial charge in [-0.15, -0.1) is 23.5 Å². The van der Waals surface area contributed by atoms with Gasteiger partial charge >= 0.3 is 17.9 Å². The van der Waals surface area contributed by atoms with Crippen molar-refractivity contribution in [1.82, 2.24) is 0 Å². The molecule has 0 aliphatic rings. The summed E-state index contributed by atoms with van der Waals surface area (Å²) in [4.78, 5) is 56.6. The molecule has 0 fully saturated rings. The number of hydrogen-bond acceptors (Lipinski definition) is 10. The highest BCUT2D eigenvalue weighted by atomic mass is 32.2. The van der Waals surface area contributed by atoms with Crippen LogP contribution in [0.3, 0.4) is 0 Å². The number of thioether (sulfide) groups is 2. The molecule has 0 N–H and O–H groups in total. The molecule has 0 aromatic carbocycles. The van der Waals surface area contributed by atoms with Crippen molar-refractivity contribution in [3.63, 3.8) is 0 Å². The first-order valence-electron chi connectivity index (χ1n) is 8.63. The Morgan fingerprint density at radius 3 is 1.93 bits per heavy atom. The summed E-state index contributed by atoms with van der Waals surface area (Å²) >= 11 is 2.28. The van der Waals surface area contributed by atoms with Gasteiger partial charge in [0.25, 0.3) is 0 Å². The maximum Gasteiger partial charge on any atom is 0.375 e. The van der Waals surface area contributed by atoms with Gasteiger partial charge < -0.3 is 14.2 Å². The number of unbranched alkanes of at least 4 members (excludes halogenated alkanes) is 1. The van der Waals surface area contributed by atoms with Crippen molar-refractivity contribution in [2.75, 3.05) is 42.8 Å². The highest BCUT2D eigenvalue weighted by molar-refractivity contribution is 8.00. The maximum absolute atomic E-state index is 11.7. The first kappa shape index (κ1) is 26.2. The van der Waals surface area contributed by atoms with E-state index in [4.69, 9.17) is 14.2 Å². The molecule has 10 heteroatoms. The number of carbonyl (C=O) groups excluding carboxylic acids is 5. The molecular formula is C18H26O8S2. The van der Waals surface area contributed by atoms with Gasteiger partial charge in [-0.3, -0.25) is 14.4 Å². The molecule has 0 unspecified atom stereocenters. The van der Waals surface area contributed by atoms with Crippen LogP contribution in [0.4, 0.5) is 0 Å². The minimum Gasteiger partial charge on any atom is -0.465 e. The first-order valence-corrected chi connectivity index (χ1v) is 10.9. The summed E-state index contributed by atoms with van der Waals surface area (Å²) in [6.45, 7) is 7.18. The van der Waals surface area contributed by atoms with Gasteiger partial charge in [-0.2, -0.15) is 0 Å². The van der Waals surface area contributed by atoms with E-state index in [1.54, 1.807) is 6.92 Å². The summed E-state index contributed by atoms with van der Waals surface area (Å²) in [5.74, 6) is -2.13. The van der Waals surface area contributed by atoms with Crippen molar-refractivity contribution in [2.45, 2.75) is 26.7 Å². The molecule has 0 saturated carbocycles. The molecule has 158 valence electrons. The van der Waals surface area contributed by atoms with E-state index in [0.29, 0.717) is 24.3 Å². The molecule has 0 amide bonds. The molecule has 0 rings (SSSR count). The molecule has 0 heterocycles. The average molecular weight is 435 g/mol. The van der Waals surface area contributed by atoms with E-state index in [2.05, 4.69) is 6.58 Å². The Bertz CT molecular complexity index is 574. The summed E-state index contributed by atoms with van der Waals surface area (Å²) in [5, 5.41) is 0. The molecule has 0 bridgehead atoms. The molecule has 0 aromatic heterocycles. The standard InChI is InChI=1S/C18H26O8S2/c1-4-24-16(21)12-28-11-15(20)18(23)26-8-6-5-7-25-17(22)13(2)9-27-10-14(3)19/h2,4-12H2,1,3H3. The van der Waals surface area contributed by atoms with Crippen molar-refractivity contribution in [3.05, 3.63) is 12.2 Å². The number of rotatable bonds is 16. The summed E-state index contributed by atoms with van der Waals surface area (Å²) in [6.07, 6.45) is 0.881. The van der Waals surface area contributed by atoms with Crippen molar-refractivity contribution < 1.29 is 38.2 Å². The van der Waals surface area contributed by atoms with Crippen LogP contribution in [0.1, 0.15) is 26.7 Å². The van der Waals surface area contributed by atoms with Crippen molar-refractivity contribution in [3.8, 4) is 0 Å². The largest absolute Gasteiger partial charge is 0.465 e. The Morgan fingerprint density at radius 2 is 1.36 bits per heavy atom. The minimum absolute atomic E-state index is 0.00320. The second-order valence-electron chi connectivity index (χ2n) is 5.50. The highest BCUT2D eigenvalue weighted by Gasteiger charge is 2.16. The number of esters is 3. The van der Waals surface area contributed by atoms with Gasteiger partial charge in [-0.05, 0) is 26.7 Å². The second-order valence-corrected chi connectivity index (χ2v) is 7.47. The normalized spacial score (nSPS) is 10.1. The van der Waals surface area contributed by atoms with Gasteiger partial charge in [0, 0.05) is 11.3 Å². The van der Waals surface area contributed by atoms with Crippen LogP contribution in [0.2, 0.25) is 0 Å². The van der Waals surface area contributed by atoms with Gasteiger partial charge in [-0.1, -0.05) is 6.58 Å². The van der Waals surface area contributed by atoms with E-state index in [9.17, 15) is 24.0 Å². The quantitative estimate of drug-likeness (QED) is 0.117. The molecule has 0 aromatic rings.